The van der Waals surface area contributed by atoms with Gasteiger partial charge in [0.2, 0.25) is 5.13 Å². The van der Waals surface area contributed by atoms with E-state index in [0.717, 1.165) is 26.5 Å². The van der Waals surface area contributed by atoms with E-state index >= 15 is 0 Å². The standard InChI is InChI=1S/C15H11F2IN4S/c1-7-6-8(18)2-5-11(7)20-13-9(3-4-10(16)12(13)17)14-21-22-15(19)23-14/h2-6,20H,1H3,(H2,19,22). The zero-order valence-corrected chi connectivity index (χ0v) is 14.9. The fraction of sp³-hybridized carbons (Fsp3) is 0.0667. The van der Waals surface area contributed by atoms with Crippen molar-refractivity contribution in [2.75, 3.05) is 11.1 Å². The number of halogens is 3. The number of aromatic nitrogens is 2. The number of rotatable bonds is 3. The van der Waals surface area contributed by atoms with E-state index in [-0.39, 0.29) is 10.8 Å². The number of nitrogens with two attached hydrogens (primary N) is 1. The Labute approximate surface area is 148 Å². The van der Waals surface area contributed by atoms with Gasteiger partial charge in [-0.15, -0.1) is 10.2 Å². The lowest BCUT2D eigenvalue weighted by atomic mass is 10.1. The summed E-state index contributed by atoms with van der Waals surface area (Å²) in [5, 5.41) is 11.3. The van der Waals surface area contributed by atoms with Crippen LogP contribution in [-0.4, -0.2) is 10.2 Å². The Morgan fingerprint density at radius 1 is 1.17 bits per heavy atom. The lowest BCUT2D eigenvalue weighted by Gasteiger charge is -2.14. The van der Waals surface area contributed by atoms with Crippen molar-refractivity contribution in [1.82, 2.24) is 10.2 Å². The van der Waals surface area contributed by atoms with Gasteiger partial charge in [-0.1, -0.05) is 11.3 Å². The lowest BCUT2D eigenvalue weighted by Crippen LogP contribution is -2.01. The second-order valence-corrected chi connectivity index (χ2v) is 7.07. The Kier molecular flexibility index (Phi) is 4.44. The van der Waals surface area contributed by atoms with E-state index in [1.165, 1.54) is 6.07 Å². The van der Waals surface area contributed by atoms with Crippen molar-refractivity contribution in [3.63, 3.8) is 0 Å². The first-order valence-electron chi connectivity index (χ1n) is 6.56. The molecule has 0 amide bonds. The Bertz CT molecular complexity index is 882. The van der Waals surface area contributed by atoms with Crippen LogP contribution in [0.5, 0.6) is 0 Å². The van der Waals surface area contributed by atoms with Gasteiger partial charge in [-0.3, -0.25) is 0 Å². The molecule has 0 saturated heterocycles. The van der Waals surface area contributed by atoms with Gasteiger partial charge in [0.1, 0.15) is 0 Å². The summed E-state index contributed by atoms with van der Waals surface area (Å²) < 4.78 is 29.1. The molecule has 3 N–H and O–H groups in total. The smallest absolute Gasteiger partial charge is 0.203 e. The molecule has 0 aliphatic carbocycles. The Hall–Kier alpha value is -1.81. The van der Waals surface area contributed by atoms with Crippen LogP contribution in [0.15, 0.2) is 30.3 Å². The molecule has 118 valence electrons. The predicted octanol–water partition coefficient (Wildman–Crippen LogP) is 4.72. The van der Waals surface area contributed by atoms with Crippen molar-refractivity contribution >= 4 is 50.4 Å². The molecule has 1 aromatic heterocycles. The van der Waals surface area contributed by atoms with Crippen LogP contribution in [0.2, 0.25) is 0 Å². The van der Waals surface area contributed by atoms with Crippen molar-refractivity contribution < 1.29 is 8.78 Å². The molecule has 2 aromatic carbocycles. The van der Waals surface area contributed by atoms with Gasteiger partial charge in [0.15, 0.2) is 16.6 Å². The van der Waals surface area contributed by atoms with E-state index in [0.29, 0.717) is 16.3 Å². The molecule has 3 rings (SSSR count). The van der Waals surface area contributed by atoms with E-state index in [4.69, 9.17) is 5.73 Å². The van der Waals surface area contributed by atoms with E-state index < -0.39 is 11.6 Å². The van der Waals surface area contributed by atoms with Crippen molar-refractivity contribution in [1.29, 1.82) is 0 Å². The predicted molar refractivity (Wildman–Crippen MR) is 96.9 cm³/mol. The molecule has 0 aliphatic rings. The van der Waals surface area contributed by atoms with Gasteiger partial charge in [-0.2, -0.15) is 0 Å². The largest absolute Gasteiger partial charge is 0.374 e. The van der Waals surface area contributed by atoms with Crippen LogP contribution >= 0.6 is 33.9 Å². The molecule has 0 spiro atoms. The van der Waals surface area contributed by atoms with Crippen molar-refractivity contribution in [3.8, 4) is 10.6 Å². The molecule has 0 fully saturated rings. The second kappa shape index (κ2) is 6.36. The minimum atomic E-state index is -0.964. The van der Waals surface area contributed by atoms with Crippen molar-refractivity contribution in [2.24, 2.45) is 0 Å². The van der Waals surface area contributed by atoms with Crippen LogP contribution in [0.3, 0.4) is 0 Å². The highest BCUT2D eigenvalue weighted by molar-refractivity contribution is 14.1. The van der Waals surface area contributed by atoms with Gasteiger partial charge in [-0.25, -0.2) is 8.78 Å². The molecule has 0 radical (unpaired) electrons. The third-order valence-electron chi connectivity index (χ3n) is 3.21. The van der Waals surface area contributed by atoms with E-state index in [1.807, 2.05) is 25.1 Å². The highest BCUT2D eigenvalue weighted by Crippen LogP contribution is 2.36. The Morgan fingerprint density at radius 2 is 1.96 bits per heavy atom. The molecular weight excluding hydrogens is 433 g/mol. The minimum absolute atomic E-state index is 0.0189. The summed E-state index contributed by atoms with van der Waals surface area (Å²) in [6.07, 6.45) is 0. The molecule has 3 aromatic rings. The van der Waals surface area contributed by atoms with E-state index in [1.54, 1.807) is 0 Å². The molecule has 0 saturated carbocycles. The van der Waals surface area contributed by atoms with Crippen LogP contribution in [-0.2, 0) is 0 Å². The van der Waals surface area contributed by atoms with Gasteiger partial charge < -0.3 is 11.1 Å². The third kappa shape index (κ3) is 3.27. The maximum absolute atomic E-state index is 14.3. The summed E-state index contributed by atoms with van der Waals surface area (Å²) in [5.74, 6) is -1.90. The van der Waals surface area contributed by atoms with E-state index in [2.05, 4.69) is 38.1 Å². The van der Waals surface area contributed by atoms with Crippen LogP contribution < -0.4 is 11.1 Å². The Balaban J connectivity index is 2.11. The van der Waals surface area contributed by atoms with Crippen LogP contribution in [0, 0.1) is 22.1 Å². The number of nitrogens with zero attached hydrogens (tertiary/aromatic N) is 2. The SMILES string of the molecule is Cc1cc(I)ccc1Nc1c(-c2nnc(N)s2)ccc(F)c1F. The molecule has 8 heteroatoms. The highest BCUT2D eigenvalue weighted by Gasteiger charge is 2.18. The average molecular weight is 444 g/mol. The van der Waals surface area contributed by atoms with Gasteiger partial charge in [-0.05, 0) is 65.4 Å². The van der Waals surface area contributed by atoms with Gasteiger partial charge in [0.05, 0.1) is 5.69 Å². The zero-order chi connectivity index (χ0) is 16.6. The highest BCUT2D eigenvalue weighted by atomic mass is 127. The summed E-state index contributed by atoms with van der Waals surface area (Å²) >= 11 is 3.30. The summed E-state index contributed by atoms with van der Waals surface area (Å²) in [6.45, 7) is 1.89. The third-order valence-corrected chi connectivity index (χ3v) is 4.67. The molecule has 1 heterocycles. The van der Waals surface area contributed by atoms with E-state index in [9.17, 15) is 8.78 Å². The number of nitrogens with one attached hydrogen (secondary N) is 1. The molecule has 0 atom stereocenters. The summed E-state index contributed by atoms with van der Waals surface area (Å²) in [4.78, 5) is 0. The quantitative estimate of drug-likeness (QED) is 0.574. The fourth-order valence-electron chi connectivity index (χ4n) is 2.10. The lowest BCUT2D eigenvalue weighted by molar-refractivity contribution is 0.512. The number of hydrogen-bond donors (Lipinski definition) is 2. The minimum Gasteiger partial charge on any atom is -0.374 e. The molecule has 0 unspecified atom stereocenters. The summed E-state index contributed by atoms with van der Waals surface area (Å²) in [6, 6.07) is 8.18. The summed E-state index contributed by atoms with van der Waals surface area (Å²) in [5.41, 5.74) is 7.62. The van der Waals surface area contributed by atoms with Crippen LogP contribution in [0.25, 0.3) is 10.6 Å². The molecule has 0 aliphatic heterocycles. The summed E-state index contributed by atoms with van der Waals surface area (Å²) in [7, 11) is 0. The molecule has 0 bridgehead atoms. The van der Waals surface area contributed by atoms with Gasteiger partial charge >= 0.3 is 0 Å². The maximum Gasteiger partial charge on any atom is 0.203 e. The monoisotopic (exact) mass is 444 g/mol. The fourth-order valence-corrected chi connectivity index (χ4v) is 3.38. The number of hydrogen-bond acceptors (Lipinski definition) is 5. The number of benzene rings is 2. The van der Waals surface area contributed by atoms with Crippen LogP contribution in [0.4, 0.5) is 25.3 Å². The van der Waals surface area contributed by atoms with Crippen molar-refractivity contribution in [3.05, 3.63) is 51.1 Å². The number of aryl methyl sites for hydroxylation is 1. The van der Waals surface area contributed by atoms with Crippen LogP contribution in [0.1, 0.15) is 5.56 Å². The second-order valence-electron chi connectivity index (χ2n) is 4.81. The molecular formula is C15H11F2IN4S. The maximum atomic E-state index is 14.3. The van der Waals surface area contributed by atoms with Gasteiger partial charge in [0.25, 0.3) is 0 Å². The normalized spacial score (nSPS) is 10.8. The van der Waals surface area contributed by atoms with Crippen molar-refractivity contribution in [2.45, 2.75) is 6.92 Å². The first kappa shape index (κ1) is 16.1. The Morgan fingerprint density at radius 3 is 2.61 bits per heavy atom. The first-order valence-corrected chi connectivity index (χ1v) is 8.46. The average Bonchev–Trinajstić information content (AvgIpc) is 2.93. The van der Waals surface area contributed by atoms with Gasteiger partial charge in [0, 0.05) is 14.8 Å². The zero-order valence-electron chi connectivity index (χ0n) is 11.9. The number of nitrogen functional groups attached to an aromatic ring is 1. The molecule has 4 nitrogen and oxygen atoms in total. The topological polar surface area (TPSA) is 63.8 Å². The first-order chi connectivity index (χ1) is 11.0. The number of anilines is 3. The molecule has 23 heavy (non-hydrogen) atoms.